The minimum absolute atomic E-state index is 0.0690. The van der Waals surface area contributed by atoms with Crippen LogP contribution in [0.1, 0.15) is 19.4 Å². The summed E-state index contributed by atoms with van der Waals surface area (Å²) in [6.45, 7) is 5.08. The van der Waals surface area contributed by atoms with Gasteiger partial charge in [-0.2, -0.15) is 0 Å². The van der Waals surface area contributed by atoms with Gasteiger partial charge in [-0.05, 0) is 25.5 Å². The molecule has 1 aromatic carbocycles. The highest BCUT2D eigenvalue weighted by atomic mass is 35.5. The fraction of sp³-hybridized carbons (Fsp3) is 0.500. The van der Waals surface area contributed by atoms with Gasteiger partial charge < -0.3 is 10.1 Å². The van der Waals surface area contributed by atoms with Crippen LogP contribution < -0.4 is 5.32 Å². The second-order valence-corrected chi connectivity index (χ2v) is 5.12. The second kappa shape index (κ2) is 6.13. The van der Waals surface area contributed by atoms with E-state index in [2.05, 4.69) is 5.32 Å². The molecule has 1 N–H and O–H groups in total. The number of nitro groups is 1. The van der Waals surface area contributed by atoms with Gasteiger partial charge in [0.2, 0.25) is 0 Å². The number of benzene rings is 1. The van der Waals surface area contributed by atoms with E-state index in [9.17, 15) is 10.1 Å². The van der Waals surface area contributed by atoms with E-state index in [1.165, 1.54) is 6.07 Å². The number of nitrogens with zero attached hydrogens (tertiary/aromatic N) is 1. The number of methoxy groups -OCH3 is 1. The number of nitrogens with one attached hydrogen (secondary N) is 1. The molecule has 1 rings (SSSR count). The van der Waals surface area contributed by atoms with E-state index in [1.54, 1.807) is 19.2 Å². The summed E-state index contributed by atoms with van der Waals surface area (Å²) in [7, 11) is 1.64. The third-order valence-corrected chi connectivity index (χ3v) is 2.80. The average molecular weight is 273 g/mol. The van der Waals surface area contributed by atoms with Crippen LogP contribution in [-0.2, 0) is 11.3 Å². The summed E-state index contributed by atoms with van der Waals surface area (Å²) in [5.74, 6) is 0. The SMILES string of the molecule is COCC(C)(C)NCc1ccc(Cl)c([N+](=O)[O-])c1. The third kappa shape index (κ3) is 4.25. The molecule has 0 bridgehead atoms. The topological polar surface area (TPSA) is 64.4 Å². The summed E-state index contributed by atoms with van der Waals surface area (Å²) < 4.78 is 5.08. The highest BCUT2D eigenvalue weighted by Gasteiger charge is 2.18. The van der Waals surface area contributed by atoms with E-state index in [-0.39, 0.29) is 16.2 Å². The molecular weight excluding hydrogens is 256 g/mol. The van der Waals surface area contributed by atoms with Crippen LogP contribution in [0.15, 0.2) is 18.2 Å². The minimum Gasteiger partial charge on any atom is -0.383 e. The molecule has 0 radical (unpaired) electrons. The zero-order chi connectivity index (χ0) is 13.8. The normalized spacial score (nSPS) is 11.6. The van der Waals surface area contributed by atoms with Gasteiger partial charge in [-0.1, -0.05) is 17.7 Å². The molecule has 0 atom stereocenters. The third-order valence-electron chi connectivity index (χ3n) is 2.48. The first-order valence-electron chi connectivity index (χ1n) is 5.52. The Hall–Kier alpha value is -1.17. The zero-order valence-corrected chi connectivity index (χ0v) is 11.5. The van der Waals surface area contributed by atoms with Crippen molar-refractivity contribution >= 4 is 17.3 Å². The van der Waals surface area contributed by atoms with Crippen LogP contribution >= 0.6 is 11.6 Å². The Morgan fingerprint density at radius 1 is 1.50 bits per heavy atom. The van der Waals surface area contributed by atoms with Crippen LogP contribution in [-0.4, -0.2) is 24.2 Å². The van der Waals surface area contributed by atoms with E-state index in [0.717, 1.165) is 5.56 Å². The number of hydrogen-bond donors (Lipinski definition) is 1. The summed E-state index contributed by atoms with van der Waals surface area (Å²) >= 11 is 5.75. The van der Waals surface area contributed by atoms with Crippen LogP contribution in [0, 0.1) is 10.1 Å². The second-order valence-electron chi connectivity index (χ2n) is 4.71. The van der Waals surface area contributed by atoms with Gasteiger partial charge in [0.25, 0.3) is 5.69 Å². The monoisotopic (exact) mass is 272 g/mol. The standard InChI is InChI=1S/C12H17ClN2O3/c1-12(2,8-18-3)14-7-9-4-5-10(13)11(6-9)15(16)17/h4-6,14H,7-8H2,1-3H3. The van der Waals surface area contributed by atoms with E-state index in [0.29, 0.717) is 13.2 Å². The summed E-state index contributed by atoms with van der Waals surface area (Å²) in [5, 5.41) is 14.2. The fourth-order valence-corrected chi connectivity index (χ4v) is 1.75. The lowest BCUT2D eigenvalue weighted by Crippen LogP contribution is -2.42. The van der Waals surface area contributed by atoms with Gasteiger partial charge in [0.1, 0.15) is 5.02 Å². The molecule has 0 aliphatic carbocycles. The molecule has 0 aromatic heterocycles. The Morgan fingerprint density at radius 2 is 2.17 bits per heavy atom. The lowest BCUT2D eigenvalue weighted by Gasteiger charge is -2.25. The smallest absolute Gasteiger partial charge is 0.288 e. The Labute approximate surface area is 111 Å². The van der Waals surface area contributed by atoms with Gasteiger partial charge in [0.05, 0.1) is 11.5 Å². The van der Waals surface area contributed by atoms with Crippen molar-refractivity contribution < 1.29 is 9.66 Å². The van der Waals surface area contributed by atoms with Crippen molar-refractivity contribution in [3.8, 4) is 0 Å². The largest absolute Gasteiger partial charge is 0.383 e. The Kier molecular flexibility index (Phi) is 5.07. The van der Waals surface area contributed by atoms with Crippen LogP contribution in [0.2, 0.25) is 5.02 Å². The Bertz CT molecular complexity index is 435. The van der Waals surface area contributed by atoms with Crippen LogP contribution in [0.4, 0.5) is 5.69 Å². The fourth-order valence-electron chi connectivity index (χ4n) is 1.56. The zero-order valence-electron chi connectivity index (χ0n) is 10.7. The average Bonchev–Trinajstić information content (AvgIpc) is 2.27. The highest BCUT2D eigenvalue weighted by Crippen LogP contribution is 2.25. The first-order chi connectivity index (χ1) is 8.35. The molecule has 0 heterocycles. The van der Waals surface area contributed by atoms with Crippen molar-refractivity contribution in [3.63, 3.8) is 0 Å². The maximum absolute atomic E-state index is 10.8. The maximum atomic E-state index is 10.8. The van der Waals surface area contributed by atoms with Crippen LogP contribution in [0.3, 0.4) is 0 Å². The molecule has 5 nitrogen and oxygen atoms in total. The lowest BCUT2D eigenvalue weighted by atomic mass is 10.1. The molecule has 0 spiro atoms. The molecule has 0 amide bonds. The van der Waals surface area contributed by atoms with Crippen molar-refractivity contribution in [2.24, 2.45) is 0 Å². The molecule has 100 valence electrons. The van der Waals surface area contributed by atoms with Crippen LogP contribution in [0.25, 0.3) is 0 Å². The predicted molar refractivity (Wildman–Crippen MR) is 70.9 cm³/mol. The molecule has 0 saturated heterocycles. The molecule has 0 aliphatic heterocycles. The van der Waals surface area contributed by atoms with E-state index >= 15 is 0 Å². The molecule has 0 fully saturated rings. The lowest BCUT2D eigenvalue weighted by molar-refractivity contribution is -0.384. The van der Waals surface area contributed by atoms with Crippen molar-refractivity contribution in [1.29, 1.82) is 0 Å². The molecule has 0 aliphatic rings. The van der Waals surface area contributed by atoms with Gasteiger partial charge in [0.15, 0.2) is 0 Å². The minimum atomic E-state index is -0.480. The quantitative estimate of drug-likeness (QED) is 0.639. The first-order valence-corrected chi connectivity index (χ1v) is 5.90. The number of nitro benzene ring substituents is 1. The van der Waals surface area contributed by atoms with E-state index in [4.69, 9.17) is 16.3 Å². The molecule has 6 heteroatoms. The predicted octanol–water partition coefficient (Wildman–Crippen LogP) is 2.76. The van der Waals surface area contributed by atoms with Gasteiger partial charge >= 0.3 is 0 Å². The van der Waals surface area contributed by atoms with Gasteiger partial charge in [-0.3, -0.25) is 10.1 Å². The molecule has 1 aromatic rings. The van der Waals surface area contributed by atoms with Gasteiger partial charge in [-0.25, -0.2) is 0 Å². The van der Waals surface area contributed by atoms with Crippen molar-refractivity contribution in [2.45, 2.75) is 25.9 Å². The molecule has 18 heavy (non-hydrogen) atoms. The number of halogens is 1. The van der Waals surface area contributed by atoms with Crippen LogP contribution in [0.5, 0.6) is 0 Å². The highest BCUT2D eigenvalue weighted by molar-refractivity contribution is 6.32. The van der Waals surface area contributed by atoms with E-state index < -0.39 is 4.92 Å². The van der Waals surface area contributed by atoms with E-state index in [1.807, 2.05) is 13.8 Å². The van der Waals surface area contributed by atoms with Crippen molar-refractivity contribution in [1.82, 2.24) is 5.32 Å². The number of ether oxygens (including phenoxy) is 1. The van der Waals surface area contributed by atoms with Gasteiger partial charge in [-0.15, -0.1) is 0 Å². The summed E-state index contributed by atoms with van der Waals surface area (Å²) in [6.07, 6.45) is 0. The number of rotatable bonds is 6. The summed E-state index contributed by atoms with van der Waals surface area (Å²) in [5.41, 5.74) is 0.555. The van der Waals surface area contributed by atoms with Crippen molar-refractivity contribution in [3.05, 3.63) is 38.9 Å². The van der Waals surface area contributed by atoms with Gasteiger partial charge in [0, 0.05) is 25.3 Å². The summed E-state index contributed by atoms with van der Waals surface area (Å²) in [4.78, 5) is 10.3. The first kappa shape index (κ1) is 14.9. The maximum Gasteiger partial charge on any atom is 0.288 e. The number of hydrogen-bond acceptors (Lipinski definition) is 4. The Morgan fingerprint density at radius 3 is 2.72 bits per heavy atom. The summed E-state index contributed by atoms with van der Waals surface area (Å²) in [6, 6.07) is 4.80. The Balaban J connectivity index is 2.74. The van der Waals surface area contributed by atoms with Crippen molar-refractivity contribution in [2.75, 3.05) is 13.7 Å². The molecule has 0 saturated carbocycles. The molecule has 0 unspecified atom stereocenters. The molecular formula is C12H17ClN2O3.